The minimum atomic E-state index is -1.31. The van der Waals surface area contributed by atoms with Gasteiger partial charge >= 0.3 is 0 Å². The van der Waals surface area contributed by atoms with Crippen molar-refractivity contribution in [1.29, 1.82) is 0 Å². The number of aryl methyl sites for hydroxylation is 1. The number of Topliss-reactive ketones (excluding diaryl/α,β-unsaturated/α-hetero) is 2. The molecule has 0 unspecified atom stereocenters. The summed E-state index contributed by atoms with van der Waals surface area (Å²) in [4.78, 5) is 46.2. The first-order chi connectivity index (χ1) is 20.5. The summed E-state index contributed by atoms with van der Waals surface area (Å²) in [6.07, 6.45) is 4.02. The number of ketones is 2. The van der Waals surface area contributed by atoms with Crippen molar-refractivity contribution in [2.24, 2.45) is 5.92 Å². The molecule has 4 aromatic carbocycles. The number of para-hydroxylation sites is 2. The van der Waals surface area contributed by atoms with Crippen LogP contribution in [-0.4, -0.2) is 29.6 Å². The zero-order valence-electron chi connectivity index (χ0n) is 23.7. The summed E-state index contributed by atoms with van der Waals surface area (Å²) in [5, 5.41) is 3.11. The van der Waals surface area contributed by atoms with E-state index in [4.69, 9.17) is 0 Å². The number of benzene rings is 4. The lowest BCUT2D eigenvalue weighted by atomic mass is 9.64. The molecule has 0 saturated carbocycles. The molecule has 208 valence electrons. The molecule has 1 spiro atoms. The minimum Gasteiger partial charge on any atom is -0.352 e. The van der Waals surface area contributed by atoms with Crippen molar-refractivity contribution in [1.82, 2.24) is 0 Å². The summed E-state index contributed by atoms with van der Waals surface area (Å²) < 4.78 is 0. The highest BCUT2D eigenvalue weighted by Crippen LogP contribution is 2.58. The molecule has 3 aliphatic rings. The normalized spacial score (nSPS) is 23.6. The third-order valence-electron chi connectivity index (χ3n) is 9.27. The van der Waals surface area contributed by atoms with Gasteiger partial charge in [0.25, 0.3) is 0 Å². The van der Waals surface area contributed by atoms with Crippen LogP contribution in [0.4, 0.5) is 11.4 Å². The van der Waals surface area contributed by atoms with Gasteiger partial charge in [-0.15, -0.1) is 0 Å². The predicted molar refractivity (Wildman–Crippen MR) is 166 cm³/mol. The number of carbonyl (C=O) groups is 3. The predicted octanol–water partition coefficient (Wildman–Crippen LogP) is 6.89. The number of allylic oxidation sites excluding steroid dienone is 1. The van der Waals surface area contributed by atoms with Crippen LogP contribution in [0.1, 0.15) is 57.7 Å². The molecule has 5 nitrogen and oxygen atoms in total. The summed E-state index contributed by atoms with van der Waals surface area (Å²) >= 11 is 0. The third kappa shape index (κ3) is 3.66. The summed E-state index contributed by atoms with van der Waals surface area (Å²) in [6.45, 7) is 4.17. The molecule has 1 amide bonds. The highest BCUT2D eigenvalue weighted by Gasteiger charge is 2.70. The molecule has 0 bridgehead atoms. The van der Waals surface area contributed by atoms with Crippen LogP contribution in [0.2, 0.25) is 0 Å². The average molecular weight is 553 g/mol. The molecule has 0 aromatic heterocycles. The minimum absolute atomic E-state index is 0.168. The molecule has 0 radical (unpaired) electrons. The van der Waals surface area contributed by atoms with E-state index in [2.05, 4.69) is 23.2 Å². The molecule has 3 heterocycles. The maximum atomic E-state index is 14.9. The van der Waals surface area contributed by atoms with E-state index in [1.54, 1.807) is 12.1 Å². The fourth-order valence-corrected chi connectivity index (χ4v) is 7.46. The van der Waals surface area contributed by atoms with Gasteiger partial charge in [-0.1, -0.05) is 110 Å². The molecule has 4 aromatic rings. The van der Waals surface area contributed by atoms with Gasteiger partial charge in [0, 0.05) is 28.1 Å². The third-order valence-corrected chi connectivity index (χ3v) is 9.27. The van der Waals surface area contributed by atoms with Crippen LogP contribution in [0.3, 0.4) is 0 Å². The van der Waals surface area contributed by atoms with Crippen molar-refractivity contribution < 1.29 is 14.4 Å². The molecule has 1 saturated heterocycles. The first-order valence-corrected chi connectivity index (χ1v) is 14.7. The van der Waals surface area contributed by atoms with Crippen molar-refractivity contribution >= 4 is 34.4 Å². The van der Waals surface area contributed by atoms with Gasteiger partial charge in [-0.3, -0.25) is 14.4 Å². The van der Waals surface area contributed by atoms with Gasteiger partial charge in [-0.25, -0.2) is 0 Å². The molecule has 1 fully saturated rings. The first-order valence-electron chi connectivity index (χ1n) is 14.7. The number of nitrogens with one attached hydrogen (secondary N) is 1. The number of hydrogen-bond acceptors (Lipinski definition) is 4. The number of rotatable bonds is 6. The molecule has 4 atom stereocenters. The van der Waals surface area contributed by atoms with Gasteiger partial charge in [-0.2, -0.15) is 0 Å². The molecule has 42 heavy (non-hydrogen) atoms. The number of fused-ring (bicyclic) bond motifs is 6. The lowest BCUT2D eigenvalue weighted by molar-refractivity contribution is -0.121. The van der Waals surface area contributed by atoms with Crippen LogP contribution < -0.4 is 10.2 Å². The van der Waals surface area contributed by atoms with E-state index in [0.717, 1.165) is 40.8 Å². The van der Waals surface area contributed by atoms with Crippen LogP contribution in [0.25, 0.3) is 5.57 Å². The molecule has 0 aliphatic carbocycles. The van der Waals surface area contributed by atoms with Crippen LogP contribution >= 0.6 is 0 Å². The zero-order chi connectivity index (χ0) is 29.0. The van der Waals surface area contributed by atoms with Crippen LogP contribution in [-0.2, 0) is 16.6 Å². The highest BCUT2D eigenvalue weighted by molar-refractivity contribution is 6.18. The van der Waals surface area contributed by atoms with Crippen molar-refractivity contribution in [2.45, 2.75) is 44.2 Å². The van der Waals surface area contributed by atoms with Crippen molar-refractivity contribution in [3.8, 4) is 0 Å². The van der Waals surface area contributed by atoms with E-state index in [1.165, 1.54) is 0 Å². The molecule has 1 N–H and O–H groups in total. The summed E-state index contributed by atoms with van der Waals surface area (Å²) in [6, 6.07) is 31.0. The lowest BCUT2D eigenvalue weighted by Gasteiger charge is -2.39. The lowest BCUT2D eigenvalue weighted by Crippen LogP contribution is -2.51. The molecule has 3 aliphatic heterocycles. The monoisotopic (exact) mass is 552 g/mol. The summed E-state index contributed by atoms with van der Waals surface area (Å²) in [5.41, 5.74) is 5.21. The van der Waals surface area contributed by atoms with Crippen molar-refractivity contribution in [3.05, 3.63) is 137 Å². The van der Waals surface area contributed by atoms with E-state index in [1.807, 2.05) is 97.9 Å². The second-order valence-corrected chi connectivity index (χ2v) is 11.6. The number of carbonyl (C=O) groups excluding carboxylic acids is 3. The fourth-order valence-electron chi connectivity index (χ4n) is 7.46. The van der Waals surface area contributed by atoms with E-state index < -0.39 is 23.4 Å². The standard InChI is InChI=1S/C37H32N2O3/c1-3-11-24-18-20-26(21-19-24)34(40)32-33(35(41)25-12-5-4-6-13-25)39-30-17-10-7-14-27(30)23(2)22-31(39)37(32)28-15-8-9-16-29(28)38-36(37)42/h4-10,12-22,31-33H,3,11H2,1-2H3,(H,38,42)/t31-,32+,33+,37-/m1/s1. The molecular weight excluding hydrogens is 520 g/mol. The van der Waals surface area contributed by atoms with Gasteiger partial charge in [0.15, 0.2) is 11.6 Å². The Morgan fingerprint density at radius 3 is 2.24 bits per heavy atom. The quantitative estimate of drug-likeness (QED) is 0.265. The van der Waals surface area contributed by atoms with Crippen molar-refractivity contribution in [3.63, 3.8) is 0 Å². The van der Waals surface area contributed by atoms with E-state index in [-0.39, 0.29) is 17.5 Å². The number of hydrogen-bond donors (Lipinski definition) is 1. The number of amides is 1. The first kappa shape index (κ1) is 26.1. The maximum absolute atomic E-state index is 14.9. The van der Waals surface area contributed by atoms with Gasteiger partial charge in [0.1, 0.15) is 11.5 Å². The Morgan fingerprint density at radius 2 is 1.48 bits per heavy atom. The maximum Gasteiger partial charge on any atom is 0.238 e. The topological polar surface area (TPSA) is 66.5 Å². The van der Waals surface area contributed by atoms with Crippen LogP contribution in [0.5, 0.6) is 0 Å². The molecular formula is C37H32N2O3. The van der Waals surface area contributed by atoms with Gasteiger partial charge < -0.3 is 10.2 Å². The Hall–Kier alpha value is -4.77. The zero-order valence-corrected chi connectivity index (χ0v) is 23.7. The van der Waals surface area contributed by atoms with Crippen LogP contribution in [0.15, 0.2) is 109 Å². The Kier molecular flexibility index (Phi) is 6.19. The Labute approximate surface area is 245 Å². The average Bonchev–Trinajstić information content (AvgIpc) is 3.49. The Morgan fingerprint density at radius 1 is 0.810 bits per heavy atom. The highest BCUT2D eigenvalue weighted by atomic mass is 16.2. The summed E-state index contributed by atoms with van der Waals surface area (Å²) in [5.74, 6) is -1.58. The van der Waals surface area contributed by atoms with Gasteiger partial charge in [0.2, 0.25) is 5.91 Å². The SMILES string of the molecule is CCCc1ccc(C(=O)[C@@H]2[C@@H](C(=O)c3ccccc3)N3c4ccccc4C(C)=C[C@@H]3[C@@]23C(=O)Nc2ccccc23)cc1. The van der Waals surface area contributed by atoms with Gasteiger partial charge in [0.05, 0.1) is 12.0 Å². The van der Waals surface area contributed by atoms with E-state index in [0.29, 0.717) is 16.8 Å². The van der Waals surface area contributed by atoms with Crippen molar-refractivity contribution in [2.75, 3.05) is 10.2 Å². The second kappa shape index (κ2) is 9.95. The largest absolute Gasteiger partial charge is 0.352 e. The Bertz CT molecular complexity index is 1760. The molecule has 5 heteroatoms. The van der Waals surface area contributed by atoms with E-state index in [9.17, 15) is 14.4 Å². The Balaban J connectivity index is 1.52. The summed E-state index contributed by atoms with van der Waals surface area (Å²) in [7, 11) is 0. The smallest absolute Gasteiger partial charge is 0.238 e. The fraction of sp³-hybridized carbons (Fsp3) is 0.216. The van der Waals surface area contributed by atoms with E-state index >= 15 is 0 Å². The second-order valence-electron chi connectivity index (χ2n) is 11.6. The molecule has 7 rings (SSSR count). The number of nitrogens with zero attached hydrogens (tertiary/aromatic N) is 1. The van der Waals surface area contributed by atoms with Crippen LogP contribution in [0, 0.1) is 5.92 Å². The number of anilines is 2. The van der Waals surface area contributed by atoms with Gasteiger partial charge in [-0.05, 0) is 42.2 Å².